The normalized spacial score (nSPS) is 11.1. The number of nitrogens with zero attached hydrogens (tertiary/aromatic N) is 2. The van der Waals surface area contributed by atoms with Crippen molar-refractivity contribution >= 4 is 16.9 Å². The van der Waals surface area contributed by atoms with Crippen LogP contribution in [0.5, 0.6) is 0 Å². The molecule has 1 N–H and O–H groups in total. The van der Waals surface area contributed by atoms with Crippen molar-refractivity contribution in [2.45, 2.75) is 6.42 Å². The lowest BCUT2D eigenvalue weighted by Gasteiger charge is -2.01. The molecule has 1 aromatic rings. The highest BCUT2D eigenvalue weighted by Crippen LogP contribution is 2.08. The number of amidine groups is 1. The maximum absolute atomic E-state index is 12.9. The van der Waals surface area contributed by atoms with Crippen LogP contribution in [0.1, 0.15) is 5.56 Å². The summed E-state index contributed by atoms with van der Waals surface area (Å²) in [6.07, 6.45) is 3.97. The van der Waals surface area contributed by atoms with E-state index in [0.29, 0.717) is 23.7 Å². The van der Waals surface area contributed by atoms with Gasteiger partial charge in [0, 0.05) is 12.6 Å². The Kier molecular flexibility index (Phi) is 5.43. The molecule has 0 aliphatic rings. The fraction of sp³-hybridized carbons (Fsp3) is 0.273. The zero-order valence-electron chi connectivity index (χ0n) is 9.20. The number of hydrogen-bond donors (Lipinski definition) is 1. The van der Waals surface area contributed by atoms with Gasteiger partial charge in [0.05, 0.1) is 0 Å². The molecular formula is C11H11F2N3S. The van der Waals surface area contributed by atoms with Gasteiger partial charge < -0.3 is 0 Å². The fourth-order valence-electron chi connectivity index (χ4n) is 1.24. The molecule has 1 rings (SSSR count). The summed E-state index contributed by atoms with van der Waals surface area (Å²) in [5, 5.41) is 11.3. The van der Waals surface area contributed by atoms with E-state index in [1.165, 1.54) is 23.9 Å². The van der Waals surface area contributed by atoms with E-state index in [1.807, 2.05) is 0 Å². The van der Waals surface area contributed by atoms with Gasteiger partial charge in [-0.15, -0.1) is 0 Å². The average Bonchev–Trinajstić information content (AvgIpc) is 2.26. The van der Waals surface area contributed by atoms with Gasteiger partial charge in [-0.1, -0.05) is 11.8 Å². The molecule has 0 bridgehead atoms. The summed E-state index contributed by atoms with van der Waals surface area (Å²) in [4.78, 5) is 4.09. The number of nitrogens with one attached hydrogen (secondary N) is 1. The molecule has 0 saturated carbocycles. The minimum Gasteiger partial charge on any atom is -0.272 e. The molecule has 0 aliphatic heterocycles. The molecule has 17 heavy (non-hydrogen) atoms. The molecule has 0 radical (unpaired) electrons. The van der Waals surface area contributed by atoms with Gasteiger partial charge in [-0.2, -0.15) is 5.26 Å². The van der Waals surface area contributed by atoms with Crippen molar-refractivity contribution in [3.05, 3.63) is 35.4 Å². The van der Waals surface area contributed by atoms with Crippen LogP contribution >= 0.6 is 11.8 Å². The van der Waals surface area contributed by atoms with Crippen LogP contribution in [-0.4, -0.2) is 18.0 Å². The largest absolute Gasteiger partial charge is 0.272 e. The Hall–Kier alpha value is -1.61. The summed E-state index contributed by atoms with van der Waals surface area (Å²) in [5.74, 6) is -1.19. The molecule has 0 aliphatic carbocycles. The Balaban J connectivity index is 2.58. The highest BCUT2D eigenvalue weighted by Gasteiger charge is 2.00. The predicted molar refractivity (Wildman–Crippen MR) is 64.6 cm³/mol. The molecule has 0 atom stereocenters. The van der Waals surface area contributed by atoms with E-state index < -0.39 is 11.6 Å². The van der Waals surface area contributed by atoms with Crippen LogP contribution in [0.4, 0.5) is 8.78 Å². The molecule has 1 aromatic carbocycles. The van der Waals surface area contributed by atoms with Crippen LogP contribution in [0.2, 0.25) is 0 Å². The second-order valence-electron chi connectivity index (χ2n) is 3.16. The van der Waals surface area contributed by atoms with Crippen LogP contribution < -0.4 is 5.32 Å². The lowest BCUT2D eigenvalue weighted by atomic mass is 10.1. The summed E-state index contributed by atoms with van der Waals surface area (Å²) in [6.45, 7) is 0.369. The van der Waals surface area contributed by atoms with E-state index in [2.05, 4.69) is 10.3 Å². The highest BCUT2D eigenvalue weighted by molar-refractivity contribution is 8.13. The molecule has 6 heteroatoms. The standard InChI is InChI=1S/C11H11F2N3S/c1-17-11(16-7-14)15-3-2-8-4-9(12)6-10(13)5-8/h4-6H,2-3H2,1H3,(H,15,16). The third-order valence-corrected chi connectivity index (χ3v) is 2.55. The molecule has 0 spiro atoms. The fourth-order valence-corrected chi connectivity index (χ4v) is 1.61. The van der Waals surface area contributed by atoms with E-state index in [1.54, 1.807) is 12.4 Å². The summed E-state index contributed by atoms with van der Waals surface area (Å²) in [5.41, 5.74) is 0.545. The van der Waals surface area contributed by atoms with Crippen molar-refractivity contribution in [1.29, 1.82) is 5.26 Å². The van der Waals surface area contributed by atoms with Gasteiger partial charge in [-0.25, -0.2) is 8.78 Å². The number of benzene rings is 1. The molecule has 0 heterocycles. The number of rotatable bonds is 3. The number of halogens is 2. The zero-order chi connectivity index (χ0) is 12.7. The van der Waals surface area contributed by atoms with Crippen molar-refractivity contribution in [2.24, 2.45) is 4.99 Å². The topological polar surface area (TPSA) is 48.2 Å². The van der Waals surface area contributed by atoms with Crippen LogP contribution in [0.3, 0.4) is 0 Å². The van der Waals surface area contributed by atoms with E-state index in [9.17, 15) is 8.78 Å². The number of aliphatic imine (C=N–C) groups is 1. The SMILES string of the molecule is CSC(=NCCc1cc(F)cc(F)c1)NC#N. The maximum Gasteiger partial charge on any atom is 0.183 e. The lowest BCUT2D eigenvalue weighted by molar-refractivity contribution is 0.579. The first-order valence-electron chi connectivity index (χ1n) is 4.84. The van der Waals surface area contributed by atoms with Crippen LogP contribution in [-0.2, 0) is 6.42 Å². The van der Waals surface area contributed by atoms with Gasteiger partial charge in [0.25, 0.3) is 0 Å². The number of nitriles is 1. The van der Waals surface area contributed by atoms with Crippen molar-refractivity contribution < 1.29 is 8.78 Å². The van der Waals surface area contributed by atoms with E-state index in [-0.39, 0.29) is 0 Å². The van der Waals surface area contributed by atoms with Crippen LogP contribution in [0, 0.1) is 23.1 Å². The van der Waals surface area contributed by atoms with Crippen molar-refractivity contribution in [2.75, 3.05) is 12.8 Å². The molecule has 0 unspecified atom stereocenters. The number of thioether (sulfide) groups is 1. The Morgan fingerprint density at radius 1 is 1.41 bits per heavy atom. The minimum atomic E-state index is -0.593. The van der Waals surface area contributed by atoms with Crippen molar-refractivity contribution in [3.8, 4) is 6.19 Å². The first kappa shape index (κ1) is 13.5. The van der Waals surface area contributed by atoms with Gasteiger partial charge in [0.2, 0.25) is 0 Å². The third kappa shape index (κ3) is 4.83. The summed E-state index contributed by atoms with van der Waals surface area (Å²) in [7, 11) is 0. The first-order chi connectivity index (χ1) is 8.15. The molecule has 0 saturated heterocycles. The summed E-state index contributed by atoms with van der Waals surface area (Å²) < 4.78 is 25.7. The van der Waals surface area contributed by atoms with Gasteiger partial charge in [0.15, 0.2) is 11.4 Å². The van der Waals surface area contributed by atoms with Gasteiger partial charge in [-0.05, 0) is 30.4 Å². The van der Waals surface area contributed by atoms with E-state index in [0.717, 1.165) is 6.07 Å². The van der Waals surface area contributed by atoms with Gasteiger partial charge in [-0.3, -0.25) is 10.3 Å². The highest BCUT2D eigenvalue weighted by atomic mass is 32.2. The van der Waals surface area contributed by atoms with Crippen molar-refractivity contribution in [3.63, 3.8) is 0 Å². The third-order valence-electron chi connectivity index (χ3n) is 1.93. The Morgan fingerprint density at radius 3 is 2.59 bits per heavy atom. The van der Waals surface area contributed by atoms with Gasteiger partial charge >= 0.3 is 0 Å². The zero-order valence-corrected chi connectivity index (χ0v) is 10.0. The maximum atomic E-state index is 12.9. The molecule has 0 aromatic heterocycles. The lowest BCUT2D eigenvalue weighted by Crippen LogP contribution is -2.14. The summed E-state index contributed by atoms with van der Waals surface area (Å²) in [6, 6.07) is 3.38. The molecule has 3 nitrogen and oxygen atoms in total. The Morgan fingerprint density at radius 2 is 2.06 bits per heavy atom. The summed E-state index contributed by atoms with van der Waals surface area (Å²) >= 11 is 1.30. The first-order valence-corrected chi connectivity index (χ1v) is 6.06. The average molecular weight is 255 g/mol. The molecular weight excluding hydrogens is 244 g/mol. The Bertz CT molecular complexity index is 434. The van der Waals surface area contributed by atoms with E-state index >= 15 is 0 Å². The van der Waals surface area contributed by atoms with Crippen molar-refractivity contribution in [1.82, 2.24) is 5.32 Å². The quantitative estimate of drug-likeness (QED) is 0.390. The number of hydrogen-bond acceptors (Lipinski definition) is 3. The second kappa shape index (κ2) is 6.86. The van der Waals surface area contributed by atoms with Gasteiger partial charge in [0.1, 0.15) is 11.6 Å². The van der Waals surface area contributed by atoms with Crippen LogP contribution in [0.25, 0.3) is 0 Å². The molecule has 90 valence electrons. The predicted octanol–water partition coefficient (Wildman–Crippen LogP) is 2.30. The van der Waals surface area contributed by atoms with E-state index in [4.69, 9.17) is 5.26 Å². The van der Waals surface area contributed by atoms with Crippen LogP contribution in [0.15, 0.2) is 23.2 Å². The smallest absolute Gasteiger partial charge is 0.183 e. The molecule has 0 amide bonds. The second-order valence-corrected chi connectivity index (χ2v) is 3.95. The minimum absolute atomic E-state index is 0.369. The molecule has 0 fully saturated rings. The Labute approximate surface area is 103 Å². The monoisotopic (exact) mass is 255 g/mol.